The van der Waals surface area contributed by atoms with Crippen LogP contribution in [0, 0.1) is 0 Å². The molecule has 0 fully saturated rings. The molecule has 3 heterocycles. The van der Waals surface area contributed by atoms with Crippen molar-refractivity contribution in [3.05, 3.63) is 100 Å². The highest BCUT2D eigenvalue weighted by Gasteiger charge is 2.41. The molecule has 0 saturated heterocycles. The normalized spacial score (nSPS) is 18.2. The van der Waals surface area contributed by atoms with E-state index in [1.54, 1.807) is 20.5 Å². The van der Waals surface area contributed by atoms with Crippen LogP contribution in [-0.4, -0.2) is 29.0 Å². The topological polar surface area (TPSA) is 70.4 Å². The predicted molar refractivity (Wildman–Crippen MR) is 130 cm³/mol. The Morgan fingerprint density at radius 2 is 1.71 bits per heavy atom. The summed E-state index contributed by atoms with van der Waals surface area (Å²) < 4.78 is 19.6. The van der Waals surface area contributed by atoms with E-state index in [0.717, 1.165) is 33.7 Å². The maximum atomic E-state index is 6.65. The molecule has 2 unspecified atom stereocenters. The number of fused-ring (bicyclic) bond motifs is 3. The Kier molecular flexibility index (Phi) is 4.92. The molecule has 2 aliphatic heterocycles. The molecule has 170 valence electrons. The zero-order valence-electron chi connectivity index (χ0n) is 18.5. The third-order valence-electron chi connectivity index (χ3n) is 6.22. The molecule has 0 saturated carbocycles. The lowest BCUT2D eigenvalue weighted by Gasteiger charge is -2.39. The molecule has 34 heavy (non-hydrogen) atoms. The number of hydrogen-bond acceptors (Lipinski definition) is 6. The van der Waals surface area contributed by atoms with E-state index in [1.807, 2.05) is 71.4 Å². The average Bonchev–Trinajstić information content (AvgIpc) is 3.35. The van der Waals surface area contributed by atoms with Crippen molar-refractivity contribution < 1.29 is 14.2 Å². The maximum Gasteiger partial charge on any atom is 0.226 e. The van der Waals surface area contributed by atoms with Gasteiger partial charge in [0.15, 0.2) is 11.5 Å². The lowest BCUT2D eigenvalue weighted by Crippen LogP contribution is -2.32. The fourth-order valence-electron chi connectivity index (χ4n) is 4.67. The average molecular weight is 473 g/mol. The van der Waals surface area contributed by atoms with Crippen LogP contribution in [0.25, 0.3) is 5.70 Å². The molecule has 2 atom stereocenters. The Hall–Kier alpha value is -3.97. The summed E-state index contributed by atoms with van der Waals surface area (Å²) in [6, 6.07) is 21.4. The highest BCUT2D eigenvalue weighted by molar-refractivity contribution is 6.30. The number of ether oxygens (including phenoxy) is 3. The molecule has 0 radical (unpaired) electrons. The van der Waals surface area contributed by atoms with E-state index in [1.165, 1.54) is 0 Å². The van der Waals surface area contributed by atoms with E-state index in [2.05, 4.69) is 15.4 Å². The Balaban J connectivity index is 1.60. The van der Waals surface area contributed by atoms with E-state index >= 15 is 0 Å². The lowest BCUT2D eigenvalue weighted by atomic mass is 9.84. The molecule has 8 heteroatoms. The number of hydrogen-bond donors (Lipinski definition) is 1. The molecular formula is C26H21ClN4O3. The minimum atomic E-state index is -0.407. The molecule has 4 aromatic rings. The second kappa shape index (κ2) is 8.11. The number of rotatable bonds is 4. The van der Waals surface area contributed by atoms with E-state index in [4.69, 9.17) is 25.8 Å². The number of anilines is 1. The zero-order chi connectivity index (χ0) is 23.2. The summed E-state index contributed by atoms with van der Waals surface area (Å²) in [4.78, 5) is 4.47. The maximum absolute atomic E-state index is 6.65. The number of para-hydroxylation sites is 1. The zero-order valence-corrected chi connectivity index (χ0v) is 19.3. The van der Waals surface area contributed by atoms with Crippen LogP contribution in [0.3, 0.4) is 0 Å². The first-order valence-electron chi connectivity index (χ1n) is 10.8. The molecule has 6 rings (SSSR count). The SMILES string of the molecule is COc1ccc(C2Oc3ccccc3C3=C2C(c2ccc(Cl)cc2)n2ncnc2N3)cc1OC. The number of methoxy groups -OCH3 is 2. The fourth-order valence-corrected chi connectivity index (χ4v) is 4.80. The van der Waals surface area contributed by atoms with Gasteiger partial charge in [0.1, 0.15) is 24.2 Å². The minimum absolute atomic E-state index is 0.252. The third-order valence-corrected chi connectivity index (χ3v) is 6.47. The summed E-state index contributed by atoms with van der Waals surface area (Å²) in [6.07, 6.45) is 1.15. The van der Waals surface area contributed by atoms with Gasteiger partial charge in [-0.3, -0.25) is 0 Å². The Labute approximate surface area is 201 Å². The van der Waals surface area contributed by atoms with Crippen molar-refractivity contribution in [3.8, 4) is 17.2 Å². The minimum Gasteiger partial charge on any atom is -0.493 e. The Morgan fingerprint density at radius 1 is 0.941 bits per heavy atom. The van der Waals surface area contributed by atoms with Gasteiger partial charge < -0.3 is 19.5 Å². The van der Waals surface area contributed by atoms with Gasteiger partial charge in [0.2, 0.25) is 5.95 Å². The predicted octanol–water partition coefficient (Wildman–Crippen LogP) is 5.51. The summed E-state index contributed by atoms with van der Waals surface area (Å²) in [5, 5.41) is 8.73. The molecule has 7 nitrogen and oxygen atoms in total. The Morgan fingerprint density at radius 3 is 2.50 bits per heavy atom. The van der Waals surface area contributed by atoms with Crippen molar-refractivity contribution in [3.63, 3.8) is 0 Å². The summed E-state index contributed by atoms with van der Waals surface area (Å²) >= 11 is 6.21. The molecule has 0 spiro atoms. The van der Waals surface area contributed by atoms with Crippen LogP contribution in [0.4, 0.5) is 5.95 Å². The fraction of sp³-hybridized carbons (Fsp3) is 0.154. The number of benzene rings is 3. The van der Waals surface area contributed by atoms with Gasteiger partial charge in [-0.1, -0.05) is 41.9 Å². The largest absolute Gasteiger partial charge is 0.493 e. The molecule has 1 N–H and O–H groups in total. The Bertz CT molecular complexity index is 1410. The van der Waals surface area contributed by atoms with E-state index in [-0.39, 0.29) is 6.04 Å². The molecule has 0 bridgehead atoms. The third kappa shape index (κ3) is 3.20. The van der Waals surface area contributed by atoms with Gasteiger partial charge in [0, 0.05) is 21.7 Å². The second-order valence-electron chi connectivity index (χ2n) is 8.05. The molecule has 3 aromatic carbocycles. The van der Waals surface area contributed by atoms with Crippen molar-refractivity contribution in [2.75, 3.05) is 19.5 Å². The number of halogens is 1. The smallest absolute Gasteiger partial charge is 0.226 e. The van der Waals surface area contributed by atoms with Crippen molar-refractivity contribution in [2.45, 2.75) is 12.1 Å². The van der Waals surface area contributed by atoms with Gasteiger partial charge in [0.25, 0.3) is 0 Å². The summed E-state index contributed by atoms with van der Waals surface area (Å²) in [5.74, 6) is 2.75. The molecule has 0 amide bonds. The van der Waals surface area contributed by atoms with E-state index in [9.17, 15) is 0 Å². The second-order valence-corrected chi connectivity index (χ2v) is 8.48. The first-order chi connectivity index (χ1) is 16.7. The van der Waals surface area contributed by atoms with Crippen LogP contribution in [0.5, 0.6) is 17.2 Å². The van der Waals surface area contributed by atoms with Gasteiger partial charge in [0.05, 0.1) is 19.9 Å². The van der Waals surface area contributed by atoms with Gasteiger partial charge in [-0.25, -0.2) is 4.68 Å². The standard InChI is InChI=1S/C26H21ClN4O3/c1-32-20-12-9-16(13-21(20)33-2)25-22-23(18-5-3-4-6-19(18)34-25)30-26-28-14-29-31(26)24(22)15-7-10-17(27)11-8-15/h3-14,24-25H,1-2H3,(H,28,29,30). The van der Waals surface area contributed by atoms with Crippen molar-refractivity contribution in [1.29, 1.82) is 0 Å². The van der Waals surface area contributed by atoms with Crippen molar-refractivity contribution in [1.82, 2.24) is 14.8 Å². The first-order valence-corrected chi connectivity index (χ1v) is 11.2. The van der Waals surface area contributed by atoms with Crippen LogP contribution < -0.4 is 19.5 Å². The van der Waals surface area contributed by atoms with Gasteiger partial charge in [-0.05, 0) is 42.0 Å². The van der Waals surface area contributed by atoms with Crippen LogP contribution >= 0.6 is 11.6 Å². The monoisotopic (exact) mass is 472 g/mol. The number of nitrogens with one attached hydrogen (secondary N) is 1. The molecule has 0 aliphatic carbocycles. The van der Waals surface area contributed by atoms with Crippen molar-refractivity contribution >= 4 is 23.2 Å². The van der Waals surface area contributed by atoms with Crippen LogP contribution in [-0.2, 0) is 0 Å². The highest BCUT2D eigenvalue weighted by Crippen LogP contribution is 2.51. The van der Waals surface area contributed by atoms with Gasteiger partial charge in [-0.15, -0.1) is 0 Å². The first kappa shape index (κ1) is 20.6. The summed E-state index contributed by atoms with van der Waals surface area (Å²) in [7, 11) is 3.25. The quantitative estimate of drug-likeness (QED) is 0.422. The van der Waals surface area contributed by atoms with Crippen LogP contribution in [0.1, 0.15) is 28.8 Å². The van der Waals surface area contributed by atoms with E-state index < -0.39 is 6.10 Å². The van der Waals surface area contributed by atoms with Crippen LogP contribution in [0.15, 0.2) is 78.6 Å². The van der Waals surface area contributed by atoms with Gasteiger partial charge >= 0.3 is 0 Å². The summed E-state index contributed by atoms with van der Waals surface area (Å²) in [6.45, 7) is 0. The highest BCUT2D eigenvalue weighted by atomic mass is 35.5. The molecular weight excluding hydrogens is 452 g/mol. The molecule has 2 aliphatic rings. The lowest BCUT2D eigenvalue weighted by molar-refractivity contribution is 0.222. The molecule has 1 aromatic heterocycles. The van der Waals surface area contributed by atoms with E-state index in [0.29, 0.717) is 22.5 Å². The summed E-state index contributed by atoms with van der Waals surface area (Å²) in [5.41, 5.74) is 4.92. The van der Waals surface area contributed by atoms with Crippen molar-refractivity contribution in [2.24, 2.45) is 0 Å². The number of aromatic nitrogens is 3. The van der Waals surface area contributed by atoms with Crippen LogP contribution in [0.2, 0.25) is 5.02 Å². The number of nitrogens with zero attached hydrogens (tertiary/aromatic N) is 3. The van der Waals surface area contributed by atoms with Gasteiger partial charge in [-0.2, -0.15) is 10.1 Å².